The lowest BCUT2D eigenvalue weighted by molar-refractivity contribution is -0.138. The van der Waals surface area contributed by atoms with Gasteiger partial charge in [0.2, 0.25) is 5.91 Å². The summed E-state index contributed by atoms with van der Waals surface area (Å²) in [5, 5.41) is 12.0. The Bertz CT molecular complexity index is 1380. The Morgan fingerprint density at radius 2 is 1.49 bits per heavy atom. The van der Waals surface area contributed by atoms with Crippen LogP contribution in [0.4, 0.5) is 10.5 Å². The van der Waals surface area contributed by atoms with E-state index < -0.39 is 23.7 Å². The fraction of sp³-hybridized carbons (Fsp3) is 0.432. The van der Waals surface area contributed by atoms with Gasteiger partial charge < -0.3 is 20.1 Å². The molecule has 240 valence electrons. The molecule has 0 unspecified atom stereocenters. The Morgan fingerprint density at radius 1 is 0.889 bits per heavy atom. The van der Waals surface area contributed by atoms with Crippen molar-refractivity contribution >= 4 is 35.4 Å². The van der Waals surface area contributed by atoms with Gasteiger partial charge in [-0.25, -0.2) is 9.59 Å². The van der Waals surface area contributed by atoms with Crippen LogP contribution >= 0.6 is 11.8 Å². The van der Waals surface area contributed by atoms with Crippen LogP contribution in [0, 0.1) is 5.92 Å². The summed E-state index contributed by atoms with van der Waals surface area (Å²) in [4.78, 5) is 39.2. The lowest BCUT2D eigenvalue weighted by Gasteiger charge is -2.24. The Labute approximate surface area is 271 Å². The van der Waals surface area contributed by atoms with Crippen molar-refractivity contribution in [2.75, 3.05) is 10.7 Å². The van der Waals surface area contributed by atoms with E-state index in [1.54, 1.807) is 20.8 Å². The highest BCUT2D eigenvalue weighted by atomic mass is 32.2. The lowest BCUT2D eigenvalue weighted by atomic mass is 10.0. The van der Waals surface area contributed by atoms with Gasteiger partial charge in [-0.3, -0.25) is 4.79 Å². The van der Waals surface area contributed by atoms with Gasteiger partial charge in [0.25, 0.3) is 0 Å². The maximum Gasteiger partial charge on any atom is 0.408 e. The molecule has 7 nitrogen and oxygen atoms in total. The summed E-state index contributed by atoms with van der Waals surface area (Å²) in [6.07, 6.45) is 6.59. The molecule has 8 heteroatoms. The number of amides is 2. The summed E-state index contributed by atoms with van der Waals surface area (Å²) in [6, 6.07) is 25.8. The summed E-state index contributed by atoms with van der Waals surface area (Å²) in [7, 11) is 0. The van der Waals surface area contributed by atoms with E-state index in [0.717, 1.165) is 29.7 Å². The van der Waals surface area contributed by atoms with Gasteiger partial charge in [-0.15, -0.1) is 0 Å². The number of carbonyl (C=O) groups excluding carboxylic acids is 2. The number of alkyl carbamates (subject to hydrolysis) is 1. The van der Waals surface area contributed by atoms with Crippen molar-refractivity contribution < 1.29 is 24.2 Å². The van der Waals surface area contributed by atoms with Gasteiger partial charge in [0.05, 0.1) is 6.54 Å². The van der Waals surface area contributed by atoms with E-state index in [2.05, 4.69) is 53.8 Å². The smallest absolute Gasteiger partial charge is 0.408 e. The topological polar surface area (TPSA) is 95.9 Å². The molecule has 0 heterocycles. The van der Waals surface area contributed by atoms with E-state index in [-0.39, 0.29) is 11.7 Å². The first-order chi connectivity index (χ1) is 21.6. The molecule has 0 aliphatic heterocycles. The number of aliphatic carboxylic acids is 1. The third-order valence-electron chi connectivity index (χ3n) is 7.95. The minimum absolute atomic E-state index is 0.148. The molecule has 1 atom stereocenters. The molecule has 1 aliphatic carbocycles. The van der Waals surface area contributed by atoms with Crippen LogP contribution in [0.2, 0.25) is 0 Å². The van der Waals surface area contributed by atoms with Gasteiger partial charge in [0.15, 0.2) is 0 Å². The van der Waals surface area contributed by atoms with Gasteiger partial charge in [0.1, 0.15) is 11.6 Å². The molecule has 0 bridgehead atoms. The molecule has 1 saturated carbocycles. The molecule has 4 rings (SSSR count). The second-order valence-corrected chi connectivity index (χ2v) is 13.9. The minimum Gasteiger partial charge on any atom is -0.480 e. The molecule has 1 fully saturated rings. The van der Waals surface area contributed by atoms with E-state index in [9.17, 15) is 19.5 Å². The largest absolute Gasteiger partial charge is 0.480 e. The predicted octanol–water partition coefficient (Wildman–Crippen LogP) is 7.99. The Kier molecular flexibility index (Phi) is 12.5. The third kappa shape index (κ3) is 11.6. The number of benzene rings is 3. The van der Waals surface area contributed by atoms with Crippen molar-refractivity contribution in [1.29, 1.82) is 0 Å². The Hall–Kier alpha value is -3.78. The summed E-state index contributed by atoms with van der Waals surface area (Å²) < 4.78 is 5.20. The minimum atomic E-state index is -1.10. The average molecular weight is 631 g/mol. The molecule has 3 aromatic carbocycles. The van der Waals surface area contributed by atoms with Crippen LogP contribution in [0.25, 0.3) is 0 Å². The number of thioether (sulfide) groups is 1. The van der Waals surface area contributed by atoms with E-state index >= 15 is 0 Å². The van der Waals surface area contributed by atoms with Crippen molar-refractivity contribution in [2.45, 2.75) is 89.7 Å². The molecule has 0 saturated heterocycles. The maximum atomic E-state index is 13.6. The van der Waals surface area contributed by atoms with Gasteiger partial charge >= 0.3 is 12.1 Å². The number of nitrogens with zero attached hydrogens (tertiary/aromatic N) is 1. The van der Waals surface area contributed by atoms with Crippen molar-refractivity contribution in [3.63, 3.8) is 0 Å². The number of hydrogen-bond acceptors (Lipinski definition) is 5. The zero-order chi connectivity index (χ0) is 32.2. The predicted molar refractivity (Wildman–Crippen MR) is 181 cm³/mol. The number of hydrogen-bond donors (Lipinski definition) is 2. The first kappa shape index (κ1) is 34.1. The van der Waals surface area contributed by atoms with Gasteiger partial charge in [-0.05, 0) is 73.9 Å². The van der Waals surface area contributed by atoms with Crippen molar-refractivity contribution in [3.05, 3.63) is 101 Å². The van der Waals surface area contributed by atoms with E-state index in [1.807, 2.05) is 35.2 Å². The molecule has 0 spiro atoms. The number of carbonyl (C=O) groups is 3. The summed E-state index contributed by atoms with van der Waals surface area (Å²) >= 11 is 1.43. The van der Waals surface area contributed by atoms with Gasteiger partial charge in [-0.2, -0.15) is 11.8 Å². The maximum absolute atomic E-state index is 13.6. The molecule has 2 N–H and O–H groups in total. The molecular formula is C37H46N2O5S. The molecule has 1 aliphatic rings. The summed E-state index contributed by atoms with van der Waals surface area (Å²) in [5.41, 5.74) is 4.72. The highest BCUT2D eigenvalue weighted by Crippen LogP contribution is 2.30. The molecule has 0 aromatic heterocycles. The number of nitrogens with one attached hydrogen (secondary N) is 1. The average Bonchev–Trinajstić information content (AvgIpc) is 3.53. The molecular weight excluding hydrogens is 584 g/mol. The standard InChI is InChI=1S/C37H46N2O5S/c1-37(2,3)44-36(43)38-33(35(41)42)26-45-25-31-15-13-30(14-16-31)24-39(34(40)22-19-27-9-7-8-10-27)32-20-17-29(18-21-32)23-28-11-5-4-6-12-28/h4-6,11-18,20-21,27,33H,7-10,19,22-26H2,1-3H3,(H,38,43)(H,41,42)/t33-/m1/s1. The first-order valence-corrected chi connectivity index (χ1v) is 17.0. The van der Waals surface area contributed by atoms with Crippen LogP contribution in [0.3, 0.4) is 0 Å². The van der Waals surface area contributed by atoms with Gasteiger partial charge in [-0.1, -0.05) is 92.4 Å². The molecule has 45 heavy (non-hydrogen) atoms. The third-order valence-corrected chi connectivity index (χ3v) is 9.05. The van der Waals surface area contributed by atoms with Crippen LogP contribution in [0.5, 0.6) is 0 Å². The second kappa shape index (κ2) is 16.5. The van der Waals surface area contributed by atoms with E-state index in [0.29, 0.717) is 24.6 Å². The highest BCUT2D eigenvalue weighted by molar-refractivity contribution is 7.98. The normalized spacial score (nSPS) is 14.1. The first-order valence-electron chi connectivity index (χ1n) is 15.9. The molecule has 3 aromatic rings. The second-order valence-electron chi connectivity index (χ2n) is 12.9. The zero-order valence-corrected chi connectivity index (χ0v) is 27.5. The number of rotatable bonds is 14. The van der Waals surface area contributed by atoms with Crippen LogP contribution < -0.4 is 10.2 Å². The molecule has 0 radical (unpaired) electrons. The fourth-order valence-corrected chi connectivity index (χ4v) is 6.56. The fourth-order valence-electron chi connectivity index (χ4n) is 5.55. The van der Waals surface area contributed by atoms with E-state index in [4.69, 9.17) is 4.74 Å². The van der Waals surface area contributed by atoms with E-state index in [1.165, 1.54) is 48.6 Å². The summed E-state index contributed by atoms with van der Waals surface area (Å²) in [5.74, 6) is 0.497. The van der Waals surface area contributed by atoms with Crippen molar-refractivity contribution in [3.8, 4) is 0 Å². The number of ether oxygens (including phenoxy) is 1. The van der Waals surface area contributed by atoms with Crippen molar-refractivity contribution in [2.24, 2.45) is 5.92 Å². The van der Waals surface area contributed by atoms with Crippen LogP contribution in [0.15, 0.2) is 78.9 Å². The van der Waals surface area contributed by atoms with Crippen LogP contribution in [-0.4, -0.2) is 40.5 Å². The Balaban J connectivity index is 1.37. The summed E-state index contributed by atoms with van der Waals surface area (Å²) in [6.45, 7) is 5.68. The van der Waals surface area contributed by atoms with Gasteiger partial charge in [0, 0.05) is 23.6 Å². The Morgan fingerprint density at radius 3 is 2.11 bits per heavy atom. The SMILES string of the molecule is CC(C)(C)OC(=O)N[C@H](CSCc1ccc(CN(C(=O)CCC2CCCC2)c2ccc(Cc3ccccc3)cc2)cc1)C(=O)O. The van der Waals surface area contributed by atoms with Crippen LogP contribution in [0.1, 0.15) is 81.5 Å². The van der Waals surface area contributed by atoms with Crippen LogP contribution in [-0.2, 0) is 33.0 Å². The lowest BCUT2D eigenvalue weighted by Crippen LogP contribution is -2.44. The zero-order valence-electron chi connectivity index (χ0n) is 26.7. The number of anilines is 1. The van der Waals surface area contributed by atoms with Crippen molar-refractivity contribution in [1.82, 2.24) is 5.32 Å². The number of carboxylic acids is 1. The highest BCUT2D eigenvalue weighted by Gasteiger charge is 2.24. The monoisotopic (exact) mass is 630 g/mol. The number of carboxylic acid groups (broad SMARTS) is 1. The molecule has 2 amide bonds. The quantitative estimate of drug-likeness (QED) is 0.187.